The van der Waals surface area contributed by atoms with E-state index in [0.717, 1.165) is 6.42 Å². The summed E-state index contributed by atoms with van der Waals surface area (Å²) in [5.41, 5.74) is 0. The molecule has 0 saturated carbocycles. The molecule has 0 aromatic carbocycles. The fraction of sp³-hybridized carbons (Fsp3) is 0.409. The molecule has 3 atom stereocenters. The van der Waals surface area contributed by atoms with E-state index in [1.165, 1.54) is 6.08 Å². The second kappa shape index (κ2) is 17.2. The molecule has 0 saturated heterocycles. The molecule has 0 heterocycles. The Bertz CT molecular complexity index is 555. The molecular formula is C22H32O5. The number of rotatable bonds is 14. The van der Waals surface area contributed by atoms with E-state index in [1.807, 2.05) is 19.1 Å². The quantitative estimate of drug-likeness (QED) is 0.275. The van der Waals surface area contributed by atoms with Gasteiger partial charge in [-0.1, -0.05) is 79.8 Å². The molecule has 0 amide bonds. The Morgan fingerprint density at radius 1 is 0.815 bits per heavy atom. The van der Waals surface area contributed by atoms with Crippen molar-refractivity contribution in [2.24, 2.45) is 0 Å². The van der Waals surface area contributed by atoms with Crippen molar-refractivity contribution >= 4 is 5.97 Å². The second-order valence-electron chi connectivity index (χ2n) is 5.92. The normalized spacial score (nSPS) is 16.6. The van der Waals surface area contributed by atoms with Crippen LogP contribution in [-0.2, 0) is 4.79 Å². The van der Waals surface area contributed by atoms with E-state index in [9.17, 15) is 20.1 Å². The van der Waals surface area contributed by atoms with E-state index < -0.39 is 24.3 Å². The SMILES string of the molecule is CCC=CC[C@H](O)[C@H](O)/C=C/C=C/C=C/C=C[C@@H](O)CC=CCCC(=O)O. The molecule has 27 heavy (non-hydrogen) atoms. The zero-order valence-electron chi connectivity index (χ0n) is 15.9. The Kier molecular flexibility index (Phi) is 15.8. The number of aliphatic hydroxyl groups excluding tert-OH is 3. The van der Waals surface area contributed by atoms with Gasteiger partial charge in [0.2, 0.25) is 0 Å². The first-order valence-corrected chi connectivity index (χ1v) is 9.21. The van der Waals surface area contributed by atoms with Gasteiger partial charge in [0.1, 0.15) is 0 Å². The smallest absolute Gasteiger partial charge is 0.303 e. The molecular weight excluding hydrogens is 344 g/mol. The summed E-state index contributed by atoms with van der Waals surface area (Å²) >= 11 is 0. The number of carboxylic acids is 1. The van der Waals surface area contributed by atoms with Gasteiger partial charge in [0.25, 0.3) is 0 Å². The lowest BCUT2D eigenvalue weighted by molar-refractivity contribution is -0.136. The summed E-state index contributed by atoms with van der Waals surface area (Å²) in [5, 5.41) is 37.7. The van der Waals surface area contributed by atoms with E-state index in [2.05, 4.69) is 0 Å². The molecule has 0 aromatic heterocycles. The average Bonchev–Trinajstić information content (AvgIpc) is 2.63. The molecule has 0 spiro atoms. The molecule has 0 aliphatic heterocycles. The van der Waals surface area contributed by atoms with Gasteiger partial charge < -0.3 is 20.4 Å². The van der Waals surface area contributed by atoms with Crippen LogP contribution in [0.25, 0.3) is 0 Å². The van der Waals surface area contributed by atoms with Crippen LogP contribution in [0.3, 0.4) is 0 Å². The number of carbonyl (C=O) groups is 1. The van der Waals surface area contributed by atoms with Crippen molar-refractivity contribution in [3.8, 4) is 0 Å². The number of hydrogen-bond acceptors (Lipinski definition) is 4. The molecule has 0 fully saturated rings. The van der Waals surface area contributed by atoms with Crippen LogP contribution in [0.2, 0.25) is 0 Å². The third-order valence-corrected chi connectivity index (χ3v) is 3.44. The first kappa shape index (κ1) is 24.8. The third-order valence-electron chi connectivity index (χ3n) is 3.44. The van der Waals surface area contributed by atoms with Crippen LogP contribution in [-0.4, -0.2) is 44.7 Å². The van der Waals surface area contributed by atoms with Crippen molar-refractivity contribution in [2.45, 2.75) is 57.3 Å². The fourth-order valence-electron chi connectivity index (χ4n) is 1.94. The van der Waals surface area contributed by atoms with Gasteiger partial charge in [0.05, 0.1) is 18.3 Å². The van der Waals surface area contributed by atoms with Gasteiger partial charge in [-0.3, -0.25) is 4.79 Å². The summed E-state index contributed by atoms with van der Waals surface area (Å²) in [6.45, 7) is 2.01. The van der Waals surface area contributed by atoms with Crippen LogP contribution in [0.5, 0.6) is 0 Å². The minimum absolute atomic E-state index is 0.0951. The molecule has 5 heteroatoms. The fourth-order valence-corrected chi connectivity index (χ4v) is 1.94. The predicted octanol–water partition coefficient (Wildman–Crippen LogP) is 3.46. The number of carboxylic acid groups (broad SMARTS) is 1. The second-order valence-corrected chi connectivity index (χ2v) is 5.92. The molecule has 0 aliphatic rings. The Balaban J connectivity index is 4.03. The minimum atomic E-state index is -0.904. The zero-order chi connectivity index (χ0) is 20.3. The molecule has 0 radical (unpaired) electrons. The zero-order valence-corrected chi connectivity index (χ0v) is 15.9. The molecule has 5 nitrogen and oxygen atoms in total. The van der Waals surface area contributed by atoms with Gasteiger partial charge in [-0.15, -0.1) is 0 Å². The van der Waals surface area contributed by atoms with Gasteiger partial charge >= 0.3 is 5.97 Å². The highest BCUT2D eigenvalue weighted by Crippen LogP contribution is 2.03. The maximum atomic E-state index is 10.3. The third kappa shape index (κ3) is 17.0. The number of allylic oxidation sites excluding steroid dienone is 8. The molecule has 4 N–H and O–H groups in total. The lowest BCUT2D eigenvalue weighted by Crippen LogP contribution is -2.22. The molecule has 0 aromatic rings. The standard InChI is InChI=1S/C22H32O5/c1-2-3-9-16-20(24)21(25)17-12-7-5-4-6-10-14-19(23)15-11-8-13-18-22(26)27/h3-12,14,17,19-21,23-25H,2,13,15-16,18H2,1H3,(H,26,27)/b6-4+,7-5+,9-3?,11-8?,14-10?,17-12+/t19-,20+,21-/m1/s1. The number of aliphatic hydroxyl groups is 3. The summed E-state index contributed by atoms with van der Waals surface area (Å²) < 4.78 is 0. The van der Waals surface area contributed by atoms with Crippen molar-refractivity contribution in [3.05, 3.63) is 72.9 Å². The van der Waals surface area contributed by atoms with Crippen LogP contribution < -0.4 is 0 Å². The summed E-state index contributed by atoms with van der Waals surface area (Å²) in [6, 6.07) is 0. The van der Waals surface area contributed by atoms with Gasteiger partial charge in [-0.2, -0.15) is 0 Å². The van der Waals surface area contributed by atoms with Crippen LogP contribution >= 0.6 is 0 Å². The van der Waals surface area contributed by atoms with Gasteiger partial charge in [0.15, 0.2) is 0 Å². The lowest BCUT2D eigenvalue weighted by Gasteiger charge is -2.11. The Morgan fingerprint density at radius 2 is 1.41 bits per heavy atom. The Morgan fingerprint density at radius 3 is 2.04 bits per heavy atom. The van der Waals surface area contributed by atoms with Crippen molar-refractivity contribution in [1.29, 1.82) is 0 Å². The highest BCUT2D eigenvalue weighted by atomic mass is 16.4. The van der Waals surface area contributed by atoms with E-state index in [0.29, 0.717) is 19.3 Å². The van der Waals surface area contributed by atoms with Gasteiger partial charge in [-0.05, 0) is 25.7 Å². The van der Waals surface area contributed by atoms with Crippen molar-refractivity contribution in [2.75, 3.05) is 0 Å². The van der Waals surface area contributed by atoms with Crippen molar-refractivity contribution < 1.29 is 25.2 Å². The van der Waals surface area contributed by atoms with Crippen molar-refractivity contribution in [1.82, 2.24) is 0 Å². The van der Waals surface area contributed by atoms with E-state index in [1.54, 1.807) is 54.7 Å². The summed E-state index contributed by atoms with van der Waals surface area (Å²) in [6.07, 6.45) is 21.0. The molecule has 0 aliphatic carbocycles. The molecule has 0 unspecified atom stereocenters. The Hall–Kier alpha value is -2.21. The van der Waals surface area contributed by atoms with Gasteiger partial charge in [0, 0.05) is 6.42 Å². The molecule has 0 bridgehead atoms. The highest BCUT2D eigenvalue weighted by molar-refractivity contribution is 5.66. The molecule has 0 rings (SSSR count). The average molecular weight is 376 g/mol. The first-order chi connectivity index (χ1) is 13.0. The van der Waals surface area contributed by atoms with E-state index >= 15 is 0 Å². The van der Waals surface area contributed by atoms with Crippen LogP contribution in [0.15, 0.2) is 72.9 Å². The Labute approximate surface area is 162 Å². The van der Waals surface area contributed by atoms with E-state index in [4.69, 9.17) is 5.11 Å². The summed E-state index contributed by atoms with van der Waals surface area (Å²) in [5.74, 6) is -0.831. The maximum absolute atomic E-state index is 10.3. The van der Waals surface area contributed by atoms with E-state index in [-0.39, 0.29) is 6.42 Å². The number of aliphatic carboxylic acids is 1. The monoisotopic (exact) mass is 376 g/mol. The predicted molar refractivity (Wildman–Crippen MR) is 109 cm³/mol. The van der Waals surface area contributed by atoms with Crippen LogP contribution in [0.4, 0.5) is 0 Å². The minimum Gasteiger partial charge on any atom is -0.481 e. The first-order valence-electron chi connectivity index (χ1n) is 9.21. The summed E-state index contributed by atoms with van der Waals surface area (Å²) in [4.78, 5) is 10.3. The maximum Gasteiger partial charge on any atom is 0.303 e. The highest BCUT2D eigenvalue weighted by Gasteiger charge is 2.10. The van der Waals surface area contributed by atoms with Crippen molar-refractivity contribution in [3.63, 3.8) is 0 Å². The van der Waals surface area contributed by atoms with Crippen LogP contribution in [0.1, 0.15) is 39.0 Å². The van der Waals surface area contributed by atoms with Crippen LogP contribution in [0, 0.1) is 0 Å². The topological polar surface area (TPSA) is 98.0 Å². The molecule has 150 valence electrons. The number of hydrogen-bond donors (Lipinski definition) is 4. The van der Waals surface area contributed by atoms with Gasteiger partial charge in [-0.25, -0.2) is 0 Å². The summed E-state index contributed by atoms with van der Waals surface area (Å²) in [7, 11) is 0. The lowest BCUT2D eigenvalue weighted by atomic mass is 10.1. The largest absolute Gasteiger partial charge is 0.481 e.